The zero-order chi connectivity index (χ0) is 13.2. The van der Waals surface area contributed by atoms with Gasteiger partial charge in [0.05, 0.1) is 12.2 Å². The maximum absolute atomic E-state index is 11.5. The molecule has 0 radical (unpaired) electrons. The van der Waals surface area contributed by atoms with E-state index in [1.807, 2.05) is 18.2 Å². The van der Waals surface area contributed by atoms with Gasteiger partial charge in [0, 0.05) is 6.61 Å². The lowest BCUT2D eigenvalue weighted by molar-refractivity contribution is 0.0310. The zero-order valence-corrected chi connectivity index (χ0v) is 11.2. The highest BCUT2D eigenvalue weighted by Gasteiger charge is 2.04. The van der Waals surface area contributed by atoms with Gasteiger partial charge in [0.25, 0.3) is 0 Å². The number of rotatable bonds is 8. The quantitative estimate of drug-likeness (QED) is 0.524. The lowest BCUT2D eigenvalue weighted by atomic mass is 10.1. The summed E-state index contributed by atoms with van der Waals surface area (Å²) in [7, 11) is 0. The molecule has 0 saturated heterocycles. The second-order valence-corrected chi connectivity index (χ2v) is 4.65. The minimum absolute atomic E-state index is 0.290. The van der Waals surface area contributed by atoms with Crippen LogP contribution in [0.4, 0.5) is 0 Å². The number of carbonyl (C=O) groups excluding carboxylic acids is 1. The summed E-state index contributed by atoms with van der Waals surface area (Å²) in [5, 5.41) is 0. The fourth-order valence-electron chi connectivity index (χ4n) is 1.55. The zero-order valence-electron chi connectivity index (χ0n) is 11.2. The van der Waals surface area contributed by atoms with Crippen molar-refractivity contribution in [3.63, 3.8) is 0 Å². The molecule has 100 valence electrons. The first kappa shape index (κ1) is 14.7. The standard InChI is InChI=1S/C15H22O3/c1-13(2)7-6-10-17-11-12-18-15(16)14-8-4-3-5-9-14/h3-5,8-9,13H,6-7,10-12H2,1-2H3. The number of ether oxygens (including phenoxy) is 2. The molecule has 3 nitrogen and oxygen atoms in total. The topological polar surface area (TPSA) is 35.5 Å². The minimum atomic E-state index is -0.290. The third-order valence-electron chi connectivity index (χ3n) is 2.54. The molecule has 0 unspecified atom stereocenters. The van der Waals surface area contributed by atoms with E-state index in [0.717, 1.165) is 13.0 Å². The van der Waals surface area contributed by atoms with Gasteiger partial charge in [-0.2, -0.15) is 0 Å². The fourth-order valence-corrected chi connectivity index (χ4v) is 1.55. The summed E-state index contributed by atoms with van der Waals surface area (Å²) in [6, 6.07) is 8.99. The predicted octanol–water partition coefficient (Wildman–Crippen LogP) is 3.30. The van der Waals surface area contributed by atoms with Crippen LogP contribution in [-0.4, -0.2) is 25.8 Å². The highest BCUT2D eigenvalue weighted by molar-refractivity contribution is 5.89. The molecule has 1 rings (SSSR count). The monoisotopic (exact) mass is 250 g/mol. The molecule has 0 aliphatic heterocycles. The lowest BCUT2D eigenvalue weighted by Gasteiger charge is -2.07. The SMILES string of the molecule is CC(C)CCCOCCOC(=O)c1ccccc1. The molecule has 0 spiro atoms. The second-order valence-electron chi connectivity index (χ2n) is 4.65. The van der Waals surface area contributed by atoms with Crippen LogP contribution in [0.3, 0.4) is 0 Å². The Balaban J connectivity index is 2.03. The van der Waals surface area contributed by atoms with Crippen LogP contribution in [0.25, 0.3) is 0 Å². The van der Waals surface area contributed by atoms with Gasteiger partial charge in [0.15, 0.2) is 0 Å². The van der Waals surface area contributed by atoms with Crippen molar-refractivity contribution in [1.29, 1.82) is 0 Å². The number of hydrogen-bond acceptors (Lipinski definition) is 3. The van der Waals surface area contributed by atoms with E-state index < -0.39 is 0 Å². The average Bonchev–Trinajstić information content (AvgIpc) is 2.38. The van der Waals surface area contributed by atoms with E-state index in [9.17, 15) is 4.79 Å². The Hall–Kier alpha value is -1.35. The first-order valence-corrected chi connectivity index (χ1v) is 6.50. The van der Waals surface area contributed by atoms with Gasteiger partial charge >= 0.3 is 5.97 Å². The van der Waals surface area contributed by atoms with Gasteiger partial charge in [0.1, 0.15) is 6.61 Å². The maximum Gasteiger partial charge on any atom is 0.338 e. The summed E-state index contributed by atoms with van der Waals surface area (Å²) < 4.78 is 10.5. The summed E-state index contributed by atoms with van der Waals surface area (Å²) >= 11 is 0. The number of benzene rings is 1. The van der Waals surface area contributed by atoms with E-state index in [1.165, 1.54) is 6.42 Å². The molecular formula is C15H22O3. The molecule has 0 aliphatic rings. The van der Waals surface area contributed by atoms with Crippen molar-refractivity contribution in [2.75, 3.05) is 19.8 Å². The molecule has 1 aromatic carbocycles. The van der Waals surface area contributed by atoms with E-state index in [1.54, 1.807) is 12.1 Å². The average molecular weight is 250 g/mol. The molecule has 3 heteroatoms. The van der Waals surface area contributed by atoms with Crippen molar-refractivity contribution in [2.45, 2.75) is 26.7 Å². The Morgan fingerprint density at radius 2 is 1.83 bits per heavy atom. The lowest BCUT2D eigenvalue weighted by Crippen LogP contribution is -2.11. The second kappa shape index (κ2) is 8.70. The van der Waals surface area contributed by atoms with Gasteiger partial charge in [0.2, 0.25) is 0 Å². The molecule has 0 aromatic heterocycles. The Morgan fingerprint density at radius 1 is 1.11 bits per heavy atom. The maximum atomic E-state index is 11.5. The highest BCUT2D eigenvalue weighted by Crippen LogP contribution is 2.03. The molecule has 0 saturated carbocycles. The van der Waals surface area contributed by atoms with E-state index in [-0.39, 0.29) is 5.97 Å². The first-order valence-electron chi connectivity index (χ1n) is 6.50. The van der Waals surface area contributed by atoms with Crippen LogP contribution < -0.4 is 0 Å². The van der Waals surface area contributed by atoms with Crippen LogP contribution in [0.1, 0.15) is 37.0 Å². The molecule has 0 amide bonds. The largest absolute Gasteiger partial charge is 0.460 e. The third-order valence-corrected chi connectivity index (χ3v) is 2.54. The molecule has 0 atom stereocenters. The normalized spacial score (nSPS) is 10.6. The van der Waals surface area contributed by atoms with Gasteiger partial charge in [-0.15, -0.1) is 0 Å². The van der Waals surface area contributed by atoms with Gasteiger partial charge < -0.3 is 9.47 Å². The van der Waals surface area contributed by atoms with Crippen LogP contribution in [0.2, 0.25) is 0 Å². The Morgan fingerprint density at radius 3 is 2.50 bits per heavy atom. The molecule has 0 fully saturated rings. The number of carbonyl (C=O) groups is 1. The summed E-state index contributed by atoms with van der Waals surface area (Å²) in [4.78, 5) is 11.5. The molecule has 1 aromatic rings. The van der Waals surface area contributed by atoms with Gasteiger partial charge in [-0.25, -0.2) is 4.79 Å². The van der Waals surface area contributed by atoms with Crippen molar-refractivity contribution in [1.82, 2.24) is 0 Å². The van der Waals surface area contributed by atoms with E-state index in [0.29, 0.717) is 24.7 Å². The van der Waals surface area contributed by atoms with Crippen molar-refractivity contribution in [3.05, 3.63) is 35.9 Å². The van der Waals surface area contributed by atoms with Crippen LogP contribution in [0.15, 0.2) is 30.3 Å². The van der Waals surface area contributed by atoms with Crippen LogP contribution in [0, 0.1) is 5.92 Å². The number of hydrogen-bond donors (Lipinski definition) is 0. The highest BCUT2D eigenvalue weighted by atomic mass is 16.6. The molecular weight excluding hydrogens is 228 g/mol. The van der Waals surface area contributed by atoms with Crippen molar-refractivity contribution >= 4 is 5.97 Å². The molecule has 0 N–H and O–H groups in total. The predicted molar refractivity (Wildman–Crippen MR) is 71.6 cm³/mol. The number of esters is 1. The molecule has 0 aliphatic carbocycles. The Bertz CT molecular complexity index is 333. The summed E-state index contributed by atoms with van der Waals surface area (Å²) in [6.45, 7) is 5.91. The van der Waals surface area contributed by atoms with Gasteiger partial charge in [-0.05, 0) is 30.9 Å². The Labute approximate surface area is 109 Å². The molecule has 18 heavy (non-hydrogen) atoms. The summed E-state index contributed by atoms with van der Waals surface area (Å²) in [5.41, 5.74) is 0.581. The van der Waals surface area contributed by atoms with Crippen molar-refractivity contribution in [2.24, 2.45) is 5.92 Å². The van der Waals surface area contributed by atoms with Crippen molar-refractivity contribution in [3.8, 4) is 0 Å². The van der Waals surface area contributed by atoms with Crippen LogP contribution in [0.5, 0.6) is 0 Å². The smallest absolute Gasteiger partial charge is 0.338 e. The van der Waals surface area contributed by atoms with Crippen molar-refractivity contribution < 1.29 is 14.3 Å². The van der Waals surface area contributed by atoms with Crippen LogP contribution in [-0.2, 0) is 9.47 Å². The summed E-state index contributed by atoms with van der Waals surface area (Å²) in [5.74, 6) is 0.422. The van der Waals surface area contributed by atoms with Gasteiger partial charge in [-0.3, -0.25) is 0 Å². The fraction of sp³-hybridized carbons (Fsp3) is 0.533. The molecule has 0 bridgehead atoms. The third kappa shape index (κ3) is 6.40. The molecule has 0 heterocycles. The first-order chi connectivity index (χ1) is 8.70. The van der Waals surface area contributed by atoms with E-state index in [2.05, 4.69) is 13.8 Å². The van der Waals surface area contributed by atoms with Gasteiger partial charge in [-0.1, -0.05) is 32.0 Å². The van der Waals surface area contributed by atoms with E-state index in [4.69, 9.17) is 9.47 Å². The van der Waals surface area contributed by atoms with E-state index >= 15 is 0 Å². The Kier molecular flexibility index (Phi) is 7.11. The summed E-state index contributed by atoms with van der Waals surface area (Å²) in [6.07, 6.45) is 2.23. The van der Waals surface area contributed by atoms with Crippen LogP contribution >= 0.6 is 0 Å². The minimum Gasteiger partial charge on any atom is -0.460 e.